The molecule has 0 saturated carbocycles. The van der Waals surface area contributed by atoms with Gasteiger partial charge in [0.25, 0.3) is 0 Å². The largest absolute Gasteiger partial charge is 0.331 e. The van der Waals surface area contributed by atoms with E-state index in [1.165, 1.54) is 11.8 Å². The normalized spacial score (nSPS) is 10.5. The average Bonchev–Trinajstić information content (AvgIpc) is 3.07. The van der Waals surface area contributed by atoms with Gasteiger partial charge in [-0.05, 0) is 48.5 Å². The van der Waals surface area contributed by atoms with Gasteiger partial charge in [-0.1, -0.05) is 11.6 Å². The van der Waals surface area contributed by atoms with Crippen LogP contribution in [0.4, 0.5) is 5.69 Å². The maximum absolute atomic E-state index is 12.4. The molecule has 1 N–H and O–H groups in total. The van der Waals surface area contributed by atoms with E-state index >= 15 is 0 Å². The minimum Gasteiger partial charge on any atom is -0.331 e. The van der Waals surface area contributed by atoms with Gasteiger partial charge in [-0.15, -0.1) is 11.8 Å². The number of ketones is 1. The summed E-state index contributed by atoms with van der Waals surface area (Å²) >= 11 is 7.27. The molecule has 7 heteroatoms. The van der Waals surface area contributed by atoms with Gasteiger partial charge in [-0.3, -0.25) is 9.59 Å². The summed E-state index contributed by atoms with van der Waals surface area (Å²) in [4.78, 5) is 29.5. The number of aryl methyl sites for hydroxylation is 1. The van der Waals surface area contributed by atoms with Crippen LogP contribution in [0.5, 0.6) is 0 Å². The molecule has 1 aromatic heterocycles. The van der Waals surface area contributed by atoms with Gasteiger partial charge < -0.3 is 9.88 Å². The molecule has 0 atom stereocenters. The van der Waals surface area contributed by atoms with Crippen LogP contribution < -0.4 is 5.32 Å². The van der Waals surface area contributed by atoms with Gasteiger partial charge >= 0.3 is 0 Å². The van der Waals surface area contributed by atoms with Crippen molar-refractivity contribution in [1.29, 1.82) is 0 Å². The summed E-state index contributed by atoms with van der Waals surface area (Å²) in [5, 5.41) is 3.48. The minimum absolute atomic E-state index is 0.117. The van der Waals surface area contributed by atoms with Crippen LogP contribution in [0.25, 0.3) is 0 Å². The lowest BCUT2D eigenvalue weighted by atomic mass is 10.1. The molecule has 0 spiro atoms. The van der Waals surface area contributed by atoms with Crippen molar-refractivity contribution in [2.24, 2.45) is 7.05 Å². The quantitative estimate of drug-likeness (QED) is 0.514. The highest BCUT2D eigenvalue weighted by molar-refractivity contribution is 8.00. The lowest BCUT2D eigenvalue weighted by Gasteiger charge is -2.07. The van der Waals surface area contributed by atoms with Crippen LogP contribution in [0, 0.1) is 0 Å². The topological polar surface area (TPSA) is 64.0 Å². The number of amides is 1. The Kier molecular flexibility index (Phi) is 5.75. The molecule has 26 heavy (non-hydrogen) atoms. The van der Waals surface area contributed by atoms with E-state index in [-0.39, 0.29) is 17.4 Å². The van der Waals surface area contributed by atoms with Crippen molar-refractivity contribution in [2.75, 3.05) is 11.1 Å². The number of nitrogens with one attached hydrogen (secondary N) is 1. The summed E-state index contributed by atoms with van der Waals surface area (Å²) < 4.78 is 1.67. The zero-order chi connectivity index (χ0) is 18.5. The number of anilines is 1. The van der Waals surface area contributed by atoms with Crippen molar-refractivity contribution < 1.29 is 9.59 Å². The van der Waals surface area contributed by atoms with Gasteiger partial charge in [-0.2, -0.15) is 0 Å². The molecule has 132 valence electrons. The highest BCUT2D eigenvalue weighted by Crippen LogP contribution is 2.21. The third-order valence-electron chi connectivity index (χ3n) is 3.64. The van der Waals surface area contributed by atoms with Crippen LogP contribution in [0.1, 0.15) is 16.2 Å². The highest BCUT2D eigenvalue weighted by atomic mass is 35.5. The first kappa shape index (κ1) is 18.2. The third-order valence-corrected chi connectivity index (χ3v) is 4.90. The van der Waals surface area contributed by atoms with E-state index in [0.29, 0.717) is 22.1 Å². The van der Waals surface area contributed by atoms with E-state index in [4.69, 9.17) is 11.6 Å². The van der Waals surface area contributed by atoms with Crippen molar-refractivity contribution in [3.63, 3.8) is 0 Å². The molecule has 0 saturated heterocycles. The van der Waals surface area contributed by atoms with Gasteiger partial charge in [-0.25, -0.2) is 4.98 Å². The monoisotopic (exact) mass is 385 g/mol. The SMILES string of the molecule is Cn1ccnc1C(=O)c1ccc(NC(=O)CSc2ccc(Cl)cc2)cc1. The second-order valence-electron chi connectivity index (χ2n) is 5.56. The Hall–Kier alpha value is -2.57. The molecule has 0 bridgehead atoms. The molecular formula is C19H16ClN3O2S. The van der Waals surface area contributed by atoms with Crippen molar-refractivity contribution in [3.8, 4) is 0 Å². The molecule has 0 fully saturated rings. The van der Waals surface area contributed by atoms with Crippen molar-refractivity contribution in [2.45, 2.75) is 4.90 Å². The fraction of sp³-hybridized carbons (Fsp3) is 0.105. The molecule has 2 aromatic carbocycles. The van der Waals surface area contributed by atoms with E-state index in [2.05, 4.69) is 10.3 Å². The molecule has 3 aromatic rings. The first-order chi connectivity index (χ1) is 12.5. The van der Waals surface area contributed by atoms with E-state index < -0.39 is 0 Å². The minimum atomic E-state index is -0.159. The number of carbonyl (C=O) groups is 2. The lowest BCUT2D eigenvalue weighted by Crippen LogP contribution is -2.14. The van der Waals surface area contributed by atoms with Crippen LogP contribution in [-0.2, 0) is 11.8 Å². The first-order valence-electron chi connectivity index (χ1n) is 7.83. The summed E-state index contributed by atoms with van der Waals surface area (Å²) in [5.74, 6) is 0.387. The Labute approximate surface area is 160 Å². The Bertz CT molecular complexity index is 921. The molecular weight excluding hydrogens is 370 g/mol. The summed E-state index contributed by atoms with van der Waals surface area (Å²) in [6.07, 6.45) is 3.31. The predicted octanol–water partition coefficient (Wildman–Crippen LogP) is 4.04. The van der Waals surface area contributed by atoms with Crippen molar-refractivity contribution in [3.05, 3.63) is 77.3 Å². The zero-order valence-electron chi connectivity index (χ0n) is 14.0. The van der Waals surface area contributed by atoms with E-state index in [0.717, 1.165) is 4.90 Å². The summed E-state index contributed by atoms with van der Waals surface area (Å²) in [7, 11) is 1.77. The standard InChI is InChI=1S/C19H16ClN3O2S/c1-23-11-10-21-19(23)18(25)13-2-6-15(7-3-13)22-17(24)12-26-16-8-4-14(20)5-9-16/h2-11H,12H2,1H3,(H,22,24). The number of halogens is 1. The number of thioether (sulfide) groups is 1. The number of aromatic nitrogens is 2. The number of benzene rings is 2. The summed E-state index contributed by atoms with van der Waals surface area (Å²) in [6, 6.07) is 14.1. The van der Waals surface area contributed by atoms with Crippen LogP contribution >= 0.6 is 23.4 Å². The van der Waals surface area contributed by atoms with E-state index in [9.17, 15) is 9.59 Å². The maximum Gasteiger partial charge on any atom is 0.234 e. The van der Waals surface area contributed by atoms with Gasteiger partial charge in [0.05, 0.1) is 5.75 Å². The zero-order valence-corrected chi connectivity index (χ0v) is 15.6. The molecule has 5 nitrogen and oxygen atoms in total. The number of rotatable bonds is 6. The number of nitrogens with zero attached hydrogens (tertiary/aromatic N) is 2. The third kappa shape index (κ3) is 4.53. The lowest BCUT2D eigenvalue weighted by molar-refractivity contribution is -0.113. The number of carbonyl (C=O) groups excluding carboxylic acids is 2. The summed E-state index contributed by atoms with van der Waals surface area (Å²) in [5.41, 5.74) is 1.16. The number of hydrogen-bond donors (Lipinski definition) is 1. The Morgan fingerprint density at radius 2 is 1.81 bits per heavy atom. The maximum atomic E-state index is 12.4. The molecule has 0 unspecified atom stereocenters. The summed E-state index contributed by atoms with van der Waals surface area (Å²) in [6.45, 7) is 0. The highest BCUT2D eigenvalue weighted by Gasteiger charge is 2.13. The van der Waals surface area contributed by atoms with Crippen LogP contribution in [0.2, 0.25) is 5.02 Å². The molecule has 1 heterocycles. The molecule has 0 aliphatic rings. The fourth-order valence-electron chi connectivity index (χ4n) is 2.30. The van der Waals surface area contributed by atoms with Crippen LogP contribution in [0.3, 0.4) is 0 Å². The molecule has 0 aliphatic carbocycles. The van der Waals surface area contributed by atoms with Crippen molar-refractivity contribution >= 4 is 40.7 Å². The second-order valence-corrected chi connectivity index (χ2v) is 7.04. The van der Waals surface area contributed by atoms with Gasteiger partial charge in [0.1, 0.15) is 0 Å². The van der Waals surface area contributed by atoms with Crippen LogP contribution in [-0.4, -0.2) is 27.0 Å². The number of hydrogen-bond acceptors (Lipinski definition) is 4. The Morgan fingerprint density at radius 3 is 2.42 bits per heavy atom. The average molecular weight is 386 g/mol. The van der Waals surface area contributed by atoms with Gasteiger partial charge in [0.2, 0.25) is 11.7 Å². The Morgan fingerprint density at radius 1 is 1.12 bits per heavy atom. The molecule has 0 aliphatic heterocycles. The first-order valence-corrected chi connectivity index (χ1v) is 9.19. The van der Waals surface area contributed by atoms with Crippen molar-refractivity contribution in [1.82, 2.24) is 9.55 Å². The van der Waals surface area contributed by atoms with Gasteiger partial charge in [0, 0.05) is 40.6 Å². The Balaban J connectivity index is 1.57. The smallest absolute Gasteiger partial charge is 0.234 e. The molecule has 0 radical (unpaired) electrons. The molecule has 3 rings (SSSR count). The molecule has 1 amide bonds. The van der Waals surface area contributed by atoms with E-state index in [1.807, 2.05) is 12.1 Å². The van der Waals surface area contributed by atoms with Crippen LogP contribution in [0.15, 0.2) is 65.8 Å². The fourth-order valence-corrected chi connectivity index (χ4v) is 3.12. The van der Waals surface area contributed by atoms with E-state index in [1.54, 1.807) is 60.4 Å². The second kappa shape index (κ2) is 8.21. The number of imidazole rings is 1. The predicted molar refractivity (Wildman–Crippen MR) is 104 cm³/mol. The van der Waals surface area contributed by atoms with Gasteiger partial charge in [0.15, 0.2) is 5.82 Å².